The van der Waals surface area contributed by atoms with Gasteiger partial charge in [-0.3, -0.25) is 9.59 Å². The Morgan fingerprint density at radius 2 is 2.16 bits per heavy atom. The average Bonchev–Trinajstić information content (AvgIpc) is 2.68. The van der Waals surface area contributed by atoms with E-state index in [1.165, 1.54) is 11.0 Å². The highest BCUT2D eigenvalue weighted by Crippen LogP contribution is 2.26. The molecule has 0 aliphatic carbocycles. The van der Waals surface area contributed by atoms with Crippen molar-refractivity contribution in [1.82, 2.24) is 0 Å². The van der Waals surface area contributed by atoms with Gasteiger partial charge in [0.15, 0.2) is 5.78 Å². The monoisotopic (exact) mass is 265 g/mol. The lowest BCUT2D eigenvalue weighted by Gasteiger charge is -2.18. The van der Waals surface area contributed by atoms with Crippen LogP contribution in [0.2, 0.25) is 0 Å². The second-order valence-electron chi connectivity index (χ2n) is 4.08. The first kappa shape index (κ1) is 13.2. The number of esters is 1. The van der Waals surface area contributed by atoms with Crippen molar-refractivity contribution in [1.29, 1.82) is 0 Å². The third-order valence-electron chi connectivity index (χ3n) is 2.73. The lowest BCUT2D eigenvalue weighted by molar-refractivity contribution is -0.121. The van der Waals surface area contributed by atoms with Crippen molar-refractivity contribution < 1.29 is 23.5 Å². The number of hydrogen-bond donors (Lipinski definition) is 0. The molecular weight excluding hydrogens is 253 g/mol. The third-order valence-corrected chi connectivity index (χ3v) is 2.73. The molecule has 6 heteroatoms. The topological polar surface area (TPSA) is 63.7 Å². The summed E-state index contributed by atoms with van der Waals surface area (Å²) in [6.07, 6.45) is -0.195. The maximum atomic E-state index is 13.2. The molecule has 19 heavy (non-hydrogen) atoms. The largest absolute Gasteiger partial charge is 0.462 e. The van der Waals surface area contributed by atoms with Crippen LogP contribution in [-0.4, -0.2) is 30.8 Å². The van der Waals surface area contributed by atoms with Gasteiger partial charge in [-0.05, 0) is 25.1 Å². The number of Topliss-reactive ketones (excluding diaryl/α,β-unsaturated/α-hetero) is 1. The van der Waals surface area contributed by atoms with E-state index in [0.29, 0.717) is 0 Å². The molecule has 1 heterocycles. The third kappa shape index (κ3) is 2.62. The number of halogens is 1. The van der Waals surface area contributed by atoms with Gasteiger partial charge in [-0.1, -0.05) is 0 Å². The van der Waals surface area contributed by atoms with Crippen LogP contribution in [0.1, 0.15) is 23.7 Å². The molecule has 100 valence electrons. The van der Waals surface area contributed by atoms with Gasteiger partial charge in [0.05, 0.1) is 30.8 Å². The average molecular weight is 265 g/mol. The van der Waals surface area contributed by atoms with Crippen LogP contribution in [0.15, 0.2) is 18.2 Å². The summed E-state index contributed by atoms with van der Waals surface area (Å²) < 4.78 is 18.0. The fraction of sp³-hybridized carbons (Fsp3) is 0.308. The van der Waals surface area contributed by atoms with Crippen LogP contribution in [0.25, 0.3) is 0 Å². The molecule has 2 rings (SSSR count). The predicted octanol–water partition coefficient (Wildman–Crippen LogP) is 1.31. The Morgan fingerprint density at radius 1 is 1.42 bits per heavy atom. The highest BCUT2D eigenvalue weighted by molar-refractivity contribution is 6.16. The molecule has 0 atom stereocenters. The number of rotatable bonds is 3. The SMILES string of the molecule is CCOC(=O)c1cc(F)ccc1N1CC(=O)CC1=O. The van der Waals surface area contributed by atoms with Gasteiger partial charge < -0.3 is 9.64 Å². The molecular formula is C13H12FNO4. The summed E-state index contributed by atoms with van der Waals surface area (Å²) in [5, 5.41) is 0. The quantitative estimate of drug-likeness (QED) is 0.610. The lowest BCUT2D eigenvalue weighted by atomic mass is 10.1. The van der Waals surface area contributed by atoms with Gasteiger partial charge >= 0.3 is 5.97 Å². The fourth-order valence-electron chi connectivity index (χ4n) is 1.92. The second-order valence-corrected chi connectivity index (χ2v) is 4.08. The first-order valence-corrected chi connectivity index (χ1v) is 5.81. The zero-order valence-electron chi connectivity index (χ0n) is 10.3. The molecule has 1 amide bonds. The number of carbonyl (C=O) groups is 3. The minimum absolute atomic E-state index is 0.0510. The number of ether oxygens (including phenoxy) is 1. The first-order chi connectivity index (χ1) is 9.02. The molecule has 1 saturated heterocycles. The molecule has 0 unspecified atom stereocenters. The van der Waals surface area contributed by atoms with E-state index in [1.807, 2.05) is 0 Å². The van der Waals surface area contributed by atoms with Gasteiger partial charge in [0, 0.05) is 0 Å². The van der Waals surface area contributed by atoms with Crippen LogP contribution in [0.4, 0.5) is 10.1 Å². The van der Waals surface area contributed by atoms with Crippen molar-refractivity contribution >= 4 is 23.3 Å². The summed E-state index contributed by atoms with van der Waals surface area (Å²) in [6, 6.07) is 3.44. The van der Waals surface area contributed by atoms with Crippen molar-refractivity contribution in [3.8, 4) is 0 Å². The first-order valence-electron chi connectivity index (χ1n) is 5.81. The van der Waals surface area contributed by atoms with Crippen molar-refractivity contribution in [3.05, 3.63) is 29.6 Å². The Kier molecular flexibility index (Phi) is 3.59. The molecule has 0 radical (unpaired) electrons. The zero-order valence-corrected chi connectivity index (χ0v) is 10.3. The van der Waals surface area contributed by atoms with E-state index < -0.39 is 17.7 Å². The minimum Gasteiger partial charge on any atom is -0.462 e. The molecule has 0 N–H and O–H groups in total. The van der Waals surface area contributed by atoms with E-state index >= 15 is 0 Å². The van der Waals surface area contributed by atoms with Crippen LogP contribution >= 0.6 is 0 Å². The van der Waals surface area contributed by atoms with Gasteiger partial charge in [-0.15, -0.1) is 0 Å². The van der Waals surface area contributed by atoms with Gasteiger partial charge in [-0.25, -0.2) is 9.18 Å². The fourth-order valence-corrected chi connectivity index (χ4v) is 1.92. The van der Waals surface area contributed by atoms with Crippen molar-refractivity contribution in [2.45, 2.75) is 13.3 Å². The molecule has 1 aliphatic heterocycles. The van der Waals surface area contributed by atoms with E-state index in [1.54, 1.807) is 6.92 Å². The molecule has 0 aromatic heterocycles. The summed E-state index contributed by atoms with van der Waals surface area (Å²) in [4.78, 5) is 35.8. The number of anilines is 1. The smallest absolute Gasteiger partial charge is 0.340 e. The van der Waals surface area contributed by atoms with E-state index in [0.717, 1.165) is 12.1 Å². The summed E-state index contributed by atoms with van der Waals surface area (Å²) in [5.74, 6) is -1.96. The molecule has 1 aromatic rings. The Morgan fingerprint density at radius 3 is 2.74 bits per heavy atom. The van der Waals surface area contributed by atoms with Crippen LogP contribution in [0.3, 0.4) is 0 Å². The summed E-state index contributed by atoms with van der Waals surface area (Å²) in [7, 11) is 0. The van der Waals surface area contributed by atoms with Crippen LogP contribution in [-0.2, 0) is 14.3 Å². The molecule has 1 fully saturated rings. The van der Waals surface area contributed by atoms with Crippen LogP contribution in [0.5, 0.6) is 0 Å². The standard InChI is InChI=1S/C13H12FNO4/c1-2-19-13(18)10-5-8(14)3-4-11(10)15-7-9(16)6-12(15)17/h3-5H,2,6-7H2,1H3. The number of nitrogens with zero attached hydrogens (tertiary/aromatic N) is 1. The van der Waals surface area contributed by atoms with Gasteiger partial charge in [0.2, 0.25) is 5.91 Å². The van der Waals surface area contributed by atoms with E-state index in [2.05, 4.69) is 0 Å². The minimum atomic E-state index is -0.718. The number of ketones is 1. The molecule has 0 bridgehead atoms. The molecule has 0 saturated carbocycles. The van der Waals surface area contributed by atoms with E-state index in [-0.39, 0.29) is 36.6 Å². The van der Waals surface area contributed by atoms with Gasteiger partial charge in [0.1, 0.15) is 5.82 Å². The summed E-state index contributed by atoms with van der Waals surface area (Å²) >= 11 is 0. The molecule has 0 spiro atoms. The number of hydrogen-bond acceptors (Lipinski definition) is 4. The molecule has 5 nitrogen and oxygen atoms in total. The van der Waals surface area contributed by atoms with E-state index in [9.17, 15) is 18.8 Å². The van der Waals surface area contributed by atoms with Crippen molar-refractivity contribution in [2.24, 2.45) is 0 Å². The van der Waals surface area contributed by atoms with Gasteiger partial charge in [0.25, 0.3) is 0 Å². The Hall–Kier alpha value is -2.24. The second kappa shape index (κ2) is 5.17. The highest BCUT2D eigenvalue weighted by atomic mass is 19.1. The lowest BCUT2D eigenvalue weighted by Crippen LogP contribution is -2.27. The normalized spacial score (nSPS) is 14.9. The number of benzene rings is 1. The maximum absolute atomic E-state index is 13.2. The maximum Gasteiger partial charge on any atom is 0.340 e. The van der Waals surface area contributed by atoms with Crippen molar-refractivity contribution in [2.75, 3.05) is 18.1 Å². The highest BCUT2D eigenvalue weighted by Gasteiger charge is 2.31. The Bertz CT molecular complexity index is 556. The Balaban J connectivity index is 2.42. The number of carbonyl (C=O) groups excluding carboxylic acids is 3. The Labute approximate surface area is 109 Å². The molecule has 1 aromatic carbocycles. The van der Waals surface area contributed by atoms with Gasteiger partial charge in [-0.2, -0.15) is 0 Å². The molecule has 1 aliphatic rings. The van der Waals surface area contributed by atoms with Crippen LogP contribution in [0, 0.1) is 5.82 Å². The van der Waals surface area contributed by atoms with Crippen LogP contribution < -0.4 is 4.90 Å². The number of amides is 1. The predicted molar refractivity (Wildman–Crippen MR) is 64.3 cm³/mol. The summed E-state index contributed by atoms with van der Waals surface area (Å²) in [6.45, 7) is 1.67. The van der Waals surface area contributed by atoms with Crippen molar-refractivity contribution in [3.63, 3.8) is 0 Å². The van der Waals surface area contributed by atoms with E-state index in [4.69, 9.17) is 4.74 Å². The summed E-state index contributed by atoms with van der Waals surface area (Å²) in [5.41, 5.74) is 0.153. The zero-order chi connectivity index (χ0) is 14.0.